The smallest absolute Gasteiger partial charge is 0.330 e. The molecule has 0 bridgehead atoms. The first-order chi connectivity index (χ1) is 12.3. The second-order valence-corrected chi connectivity index (χ2v) is 6.05. The van der Waals surface area contributed by atoms with Crippen molar-refractivity contribution in [3.8, 4) is 5.75 Å². The Labute approximate surface area is 151 Å². The summed E-state index contributed by atoms with van der Waals surface area (Å²) in [6.07, 6.45) is 1.59. The van der Waals surface area contributed by atoms with E-state index in [2.05, 4.69) is 4.98 Å². The summed E-state index contributed by atoms with van der Waals surface area (Å²) in [4.78, 5) is 39.8. The molecule has 0 aliphatic heterocycles. The van der Waals surface area contributed by atoms with Crippen LogP contribution in [0.25, 0.3) is 0 Å². The van der Waals surface area contributed by atoms with Gasteiger partial charge in [-0.2, -0.15) is 0 Å². The number of aryl methyl sites for hydroxylation is 1. The molecular weight excluding hydrogens is 336 g/mol. The number of aromatic nitrogens is 2. The van der Waals surface area contributed by atoms with Crippen molar-refractivity contribution in [1.29, 1.82) is 0 Å². The van der Waals surface area contributed by atoms with Crippen LogP contribution in [0.15, 0.2) is 33.9 Å². The molecule has 2 aromatic rings. The number of unbranched alkanes of at least 4 members (excludes halogenated alkanes) is 1. The highest BCUT2D eigenvalue weighted by molar-refractivity contribution is 5.96. The highest BCUT2D eigenvalue weighted by atomic mass is 16.5. The SMILES string of the molecule is CCCCn1c(N)c(N(C)C(=O)COc2ccc(C)cc2)c(=O)[nH]c1=O. The number of H-pyrrole nitrogens is 1. The number of carbonyl (C=O) groups excluding carboxylic acids is 1. The first-order valence-corrected chi connectivity index (χ1v) is 8.43. The maximum absolute atomic E-state index is 12.4. The van der Waals surface area contributed by atoms with E-state index < -0.39 is 17.2 Å². The first kappa shape index (κ1) is 19.3. The number of nitrogen functional groups attached to an aromatic ring is 1. The van der Waals surface area contributed by atoms with Crippen molar-refractivity contribution in [2.24, 2.45) is 0 Å². The molecule has 0 saturated heterocycles. The second-order valence-electron chi connectivity index (χ2n) is 6.05. The van der Waals surface area contributed by atoms with E-state index in [-0.39, 0.29) is 18.1 Å². The number of likely N-dealkylation sites (N-methyl/N-ethyl adjacent to an activating group) is 1. The van der Waals surface area contributed by atoms with Gasteiger partial charge in [0.2, 0.25) is 0 Å². The predicted octanol–water partition coefficient (Wildman–Crippen LogP) is 1.27. The predicted molar refractivity (Wildman–Crippen MR) is 101 cm³/mol. The van der Waals surface area contributed by atoms with Crippen LogP contribution in [0.4, 0.5) is 11.5 Å². The van der Waals surface area contributed by atoms with Gasteiger partial charge in [0.25, 0.3) is 11.5 Å². The van der Waals surface area contributed by atoms with Gasteiger partial charge in [0, 0.05) is 13.6 Å². The summed E-state index contributed by atoms with van der Waals surface area (Å²) in [5, 5.41) is 0. The third-order valence-corrected chi connectivity index (χ3v) is 4.04. The van der Waals surface area contributed by atoms with Gasteiger partial charge in [0.05, 0.1) is 0 Å². The van der Waals surface area contributed by atoms with Crippen molar-refractivity contribution in [2.45, 2.75) is 33.2 Å². The molecule has 0 fully saturated rings. The molecule has 1 amide bonds. The van der Waals surface area contributed by atoms with E-state index in [1.54, 1.807) is 12.1 Å². The number of hydrogen-bond donors (Lipinski definition) is 2. The first-order valence-electron chi connectivity index (χ1n) is 8.43. The molecule has 8 heteroatoms. The lowest BCUT2D eigenvalue weighted by Gasteiger charge is -2.20. The topological polar surface area (TPSA) is 110 Å². The number of benzene rings is 1. The summed E-state index contributed by atoms with van der Waals surface area (Å²) < 4.78 is 6.72. The fourth-order valence-electron chi connectivity index (χ4n) is 2.44. The molecule has 2 rings (SSSR count). The summed E-state index contributed by atoms with van der Waals surface area (Å²) in [5.74, 6) is 0.0639. The molecule has 3 N–H and O–H groups in total. The van der Waals surface area contributed by atoms with Gasteiger partial charge in [-0.05, 0) is 25.5 Å². The Bertz CT molecular complexity index is 884. The van der Waals surface area contributed by atoms with Crippen molar-refractivity contribution in [3.63, 3.8) is 0 Å². The molecule has 0 radical (unpaired) electrons. The van der Waals surface area contributed by atoms with E-state index in [4.69, 9.17) is 10.5 Å². The third kappa shape index (κ3) is 4.33. The summed E-state index contributed by atoms with van der Waals surface area (Å²) in [7, 11) is 1.43. The Balaban J connectivity index is 2.20. The molecule has 26 heavy (non-hydrogen) atoms. The van der Waals surface area contributed by atoms with Crippen LogP contribution in [0, 0.1) is 6.92 Å². The van der Waals surface area contributed by atoms with Crippen LogP contribution in [0.1, 0.15) is 25.3 Å². The van der Waals surface area contributed by atoms with E-state index in [0.29, 0.717) is 12.3 Å². The number of rotatable bonds is 7. The second kappa shape index (κ2) is 8.37. The third-order valence-electron chi connectivity index (χ3n) is 4.04. The van der Waals surface area contributed by atoms with E-state index in [1.165, 1.54) is 11.6 Å². The minimum absolute atomic E-state index is 0.0293. The molecule has 1 heterocycles. The molecule has 1 aromatic heterocycles. The van der Waals surface area contributed by atoms with E-state index in [9.17, 15) is 14.4 Å². The minimum Gasteiger partial charge on any atom is -0.484 e. The number of nitrogens with one attached hydrogen (secondary N) is 1. The fraction of sp³-hybridized carbons (Fsp3) is 0.389. The quantitative estimate of drug-likeness (QED) is 0.772. The number of hydrogen-bond acceptors (Lipinski definition) is 5. The van der Waals surface area contributed by atoms with Gasteiger partial charge in [-0.3, -0.25) is 19.1 Å². The number of aromatic amines is 1. The zero-order valence-electron chi connectivity index (χ0n) is 15.2. The van der Waals surface area contributed by atoms with Gasteiger partial charge < -0.3 is 15.4 Å². The largest absolute Gasteiger partial charge is 0.484 e. The van der Waals surface area contributed by atoms with Gasteiger partial charge in [-0.1, -0.05) is 31.0 Å². The molecule has 1 aromatic carbocycles. The summed E-state index contributed by atoms with van der Waals surface area (Å²) in [5.41, 5.74) is 5.73. The lowest BCUT2D eigenvalue weighted by molar-refractivity contribution is -0.120. The summed E-state index contributed by atoms with van der Waals surface area (Å²) in [6.45, 7) is 4.04. The van der Waals surface area contributed by atoms with Crippen molar-refractivity contribution in [1.82, 2.24) is 9.55 Å². The van der Waals surface area contributed by atoms with E-state index >= 15 is 0 Å². The van der Waals surface area contributed by atoms with Gasteiger partial charge >= 0.3 is 5.69 Å². The molecule has 0 saturated carbocycles. The minimum atomic E-state index is -0.702. The number of ether oxygens (including phenoxy) is 1. The lowest BCUT2D eigenvalue weighted by atomic mass is 10.2. The van der Waals surface area contributed by atoms with Gasteiger partial charge in [-0.15, -0.1) is 0 Å². The van der Waals surface area contributed by atoms with Gasteiger partial charge in [0.1, 0.15) is 11.6 Å². The Morgan fingerprint density at radius 2 is 1.92 bits per heavy atom. The van der Waals surface area contributed by atoms with Crippen LogP contribution in [-0.4, -0.2) is 29.1 Å². The zero-order chi connectivity index (χ0) is 19.3. The maximum atomic E-state index is 12.4. The number of nitrogens with zero attached hydrogens (tertiary/aromatic N) is 2. The van der Waals surface area contributed by atoms with Gasteiger partial charge in [0.15, 0.2) is 12.3 Å². The molecular formula is C18H24N4O4. The normalized spacial score (nSPS) is 10.6. The standard InChI is InChI=1S/C18H24N4O4/c1-4-5-10-22-16(19)15(17(24)20-18(22)25)21(3)14(23)11-26-13-8-6-12(2)7-9-13/h6-9H,4-5,10-11,19H2,1-3H3,(H,20,24,25). The van der Waals surface area contributed by atoms with Crippen LogP contribution in [0.3, 0.4) is 0 Å². The van der Waals surface area contributed by atoms with E-state index in [0.717, 1.165) is 23.3 Å². The summed E-state index contributed by atoms with van der Waals surface area (Å²) >= 11 is 0. The molecule has 0 unspecified atom stereocenters. The lowest BCUT2D eigenvalue weighted by Crippen LogP contribution is -2.40. The Morgan fingerprint density at radius 3 is 2.54 bits per heavy atom. The summed E-state index contributed by atoms with van der Waals surface area (Å²) in [6, 6.07) is 7.26. The molecule has 0 aliphatic carbocycles. The number of anilines is 2. The van der Waals surface area contributed by atoms with Gasteiger partial charge in [-0.25, -0.2) is 4.79 Å². The molecule has 8 nitrogen and oxygen atoms in total. The highest BCUT2D eigenvalue weighted by Gasteiger charge is 2.21. The van der Waals surface area contributed by atoms with Crippen molar-refractivity contribution < 1.29 is 9.53 Å². The van der Waals surface area contributed by atoms with Crippen LogP contribution in [0.5, 0.6) is 5.75 Å². The number of carbonyl (C=O) groups is 1. The average Bonchev–Trinajstić information content (AvgIpc) is 2.60. The molecule has 0 spiro atoms. The number of nitrogens with two attached hydrogens (primary N) is 1. The average molecular weight is 360 g/mol. The number of amides is 1. The van der Waals surface area contributed by atoms with Crippen LogP contribution < -0.4 is 26.6 Å². The Hall–Kier alpha value is -3.03. The van der Waals surface area contributed by atoms with Crippen LogP contribution in [-0.2, 0) is 11.3 Å². The molecule has 0 atom stereocenters. The fourth-order valence-corrected chi connectivity index (χ4v) is 2.44. The highest BCUT2D eigenvalue weighted by Crippen LogP contribution is 2.16. The van der Waals surface area contributed by atoms with Crippen LogP contribution in [0.2, 0.25) is 0 Å². The zero-order valence-corrected chi connectivity index (χ0v) is 15.2. The Morgan fingerprint density at radius 1 is 1.27 bits per heavy atom. The molecule has 140 valence electrons. The Kier molecular flexibility index (Phi) is 6.21. The van der Waals surface area contributed by atoms with Crippen molar-refractivity contribution >= 4 is 17.4 Å². The maximum Gasteiger partial charge on any atom is 0.330 e. The monoisotopic (exact) mass is 360 g/mol. The van der Waals surface area contributed by atoms with Crippen molar-refractivity contribution in [2.75, 3.05) is 24.3 Å². The van der Waals surface area contributed by atoms with Crippen LogP contribution >= 0.6 is 0 Å². The molecule has 0 aliphatic rings. The van der Waals surface area contributed by atoms with E-state index in [1.807, 2.05) is 26.0 Å². The van der Waals surface area contributed by atoms with Crippen molar-refractivity contribution in [3.05, 3.63) is 50.7 Å².